The van der Waals surface area contributed by atoms with E-state index < -0.39 is 0 Å². The molecule has 0 aliphatic heterocycles. The Hall–Kier alpha value is -6.94. The molecule has 9 aromatic carbocycles. The van der Waals surface area contributed by atoms with E-state index in [-0.39, 0.29) is 0 Å². The van der Waals surface area contributed by atoms with Crippen LogP contribution in [-0.4, -0.2) is 0 Å². The number of furan rings is 1. The predicted molar refractivity (Wildman–Crippen MR) is 261 cm³/mol. The summed E-state index contributed by atoms with van der Waals surface area (Å²) < 4.78 is 9.02. The topological polar surface area (TPSA) is 16.4 Å². The van der Waals surface area contributed by atoms with E-state index in [2.05, 4.69) is 193 Å². The quantitative estimate of drug-likeness (QED) is 0.160. The Balaban J connectivity index is 1.05. The van der Waals surface area contributed by atoms with Crippen LogP contribution in [0.4, 0.5) is 17.1 Å². The van der Waals surface area contributed by atoms with Gasteiger partial charge in [0.05, 0.1) is 5.69 Å². The minimum atomic E-state index is 0.582. The van der Waals surface area contributed by atoms with Crippen molar-refractivity contribution in [3.8, 4) is 33.4 Å². The van der Waals surface area contributed by atoms with E-state index in [1.165, 1.54) is 90.9 Å². The second-order valence-electron chi connectivity index (χ2n) is 16.6. The molecule has 12 rings (SSSR count). The van der Waals surface area contributed by atoms with Gasteiger partial charge in [-0.1, -0.05) is 165 Å². The maximum absolute atomic E-state index is 6.37. The van der Waals surface area contributed by atoms with Gasteiger partial charge in [0.2, 0.25) is 0 Å². The lowest BCUT2D eigenvalue weighted by atomic mass is 9.80. The first kappa shape index (κ1) is 36.0. The molecule has 2 nitrogen and oxygen atoms in total. The van der Waals surface area contributed by atoms with Gasteiger partial charge in [0, 0.05) is 47.9 Å². The monoisotopic (exact) mass is 801 g/mol. The number of para-hydroxylation sites is 2. The Labute approximate surface area is 360 Å². The standard InChI is InChI=1S/C58H43NOS/c1-2-15-38(16-3-1)44-24-11-17-40-18-12-27-49(56(40)44)47-21-4-7-29-52(47)59(42-35-33-39(34-36-42)46-26-13-28-50-48-22-6-9-32-55(48)61-58(46)50)43-20-10-19-41(37-43)45-25-14-31-54-57(45)51-23-5-8-30-53(51)60-54/h4-14,17-38H,1-3,15-16H2. The van der Waals surface area contributed by atoms with Gasteiger partial charge in [-0.15, -0.1) is 11.3 Å². The van der Waals surface area contributed by atoms with Crippen molar-refractivity contribution in [1.29, 1.82) is 0 Å². The fourth-order valence-electron chi connectivity index (χ4n) is 10.3. The number of hydrogen-bond donors (Lipinski definition) is 0. The van der Waals surface area contributed by atoms with E-state index in [0.717, 1.165) is 50.1 Å². The molecule has 0 N–H and O–H groups in total. The number of thiophene rings is 1. The molecule has 2 aromatic heterocycles. The highest BCUT2D eigenvalue weighted by molar-refractivity contribution is 7.26. The summed E-state index contributed by atoms with van der Waals surface area (Å²) in [6, 6.07) is 71.5. The van der Waals surface area contributed by atoms with Gasteiger partial charge in [0.1, 0.15) is 11.2 Å². The van der Waals surface area contributed by atoms with Crippen LogP contribution in [0.15, 0.2) is 199 Å². The molecule has 11 aromatic rings. The third-order valence-electron chi connectivity index (χ3n) is 13.1. The second-order valence-corrected chi connectivity index (χ2v) is 17.6. The molecule has 0 spiro atoms. The lowest BCUT2D eigenvalue weighted by Crippen LogP contribution is -2.11. The van der Waals surface area contributed by atoms with Crippen molar-refractivity contribution in [1.82, 2.24) is 0 Å². The highest BCUT2D eigenvalue weighted by Crippen LogP contribution is 2.48. The maximum Gasteiger partial charge on any atom is 0.136 e. The summed E-state index contributed by atoms with van der Waals surface area (Å²) in [7, 11) is 0. The van der Waals surface area contributed by atoms with Gasteiger partial charge in [-0.2, -0.15) is 0 Å². The van der Waals surface area contributed by atoms with Crippen molar-refractivity contribution >= 4 is 81.3 Å². The second kappa shape index (κ2) is 15.0. The lowest BCUT2D eigenvalue weighted by Gasteiger charge is -2.29. The molecule has 1 aliphatic carbocycles. The van der Waals surface area contributed by atoms with E-state index in [0.29, 0.717) is 5.92 Å². The highest BCUT2D eigenvalue weighted by Gasteiger charge is 2.24. The summed E-state index contributed by atoms with van der Waals surface area (Å²) in [5.74, 6) is 0.582. The molecular weight excluding hydrogens is 759 g/mol. The Morgan fingerprint density at radius 3 is 2.02 bits per heavy atom. The third-order valence-corrected chi connectivity index (χ3v) is 14.3. The number of nitrogens with zero attached hydrogens (tertiary/aromatic N) is 1. The maximum atomic E-state index is 6.37. The summed E-state index contributed by atoms with van der Waals surface area (Å²) in [4.78, 5) is 2.47. The first-order valence-electron chi connectivity index (χ1n) is 21.7. The molecular formula is C58H43NOS. The Morgan fingerprint density at radius 1 is 0.443 bits per heavy atom. The van der Waals surface area contributed by atoms with Crippen molar-refractivity contribution in [3.05, 3.63) is 200 Å². The number of rotatable bonds is 7. The summed E-state index contributed by atoms with van der Waals surface area (Å²) in [5, 5.41) is 7.62. The van der Waals surface area contributed by atoms with Gasteiger partial charge >= 0.3 is 0 Å². The summed E-state index contributed by atoms with van der Waals surface area (Å²) in [5.41, 5.74) is 14.0. The van der Waals surface area contributed by atoms with Gasteiger partial charge in [-0.3, -0.25) is 0 Å². The molecule has 3 heteroatoms. The van der Waals surface area contributed by atoms with Crippen LogP contribution in [0.3, 0.4) is 0 Å². The van der Waals surface area contributed by atoms with Crippen LogP contribution in [0, 0.1) is 0 Å². The molecule has 0 unspecified atom stereocenters. The van der Waals surface area contributed by atoms with E-state index in [1.54, 1.807) is 0 Å². The molecule has 1 fully saturated rings. The zero-order valence-electron chi connectivity index (χ0n) is 33.9. The van der Waals surface area contributed by atoms with Gasteiger partial charge in [-0.05, 0) is 111 Å². The fourth-order valence-corrected chi connectivity index (χ4v) is 11.5. The largest absolute Gasteiger partial charge is 0.456 e. The first-order chi connectivity index (χ1) is 30.3. The molecule has 1 saturated carbocycles. The van der Waals surface area contributed by atoms with Crippen molar-refractivity contribution in [2.24, 2.45) is 0 Å². The summed E-state index contributed by atoms with van der Waals surface area (Å²) >= 11 is 1.88. The molecule has 292 valence electrons. The van der Waals surface area contributed by atoms with Crippen LogP contribution >= 0.6 is 11.3 Å². The van der Waals surface area contributed by atoms with Crippen LogP contribution in [0.5, 0.6) is 0 Å². The predicted octanol–water partition coefficient (Wildman–Crippen LogP) is 17.6. The molecule has 0 atom stereocenters. The average molecular weight is 802 g/mol. The van der Waals surface area contributed by atoms with Crippen LogP contribution in [0.2, 0.25) is 0 Å². The van der Waals surface area contributed by atoms with Crippen molar-refractivity contribution < 1.29 is 4.42 Å². The van der Waals surface area contributed by atoms with E-state index in [9.17, 15) is 0 Å². The smallest absolute Gasteiger partial charge is 0.136 e. The highest BCUT2D eigenvalue weighted by atomic mass is 32.1. The fraction of sp³-hybridized carbons (Fsp3) is 0.103. The normalized spacial score (nSPS) is 13.5. The zero-order chi connectivity index (χ0) is 40.3. The molecule has 0 bridgehead atoms. The number of hydrogen-bond acceptors (Lipinski definition) is 3. The Morgan fingerprint density at radius 2 is 1.11 bits per heavy atom. The van der Waals surface area contributed by atoms with Crippen LogP contribution in [0.1, 0.15) is 43.6 Å². The third kappa shape index (κ3) is 6.14. The van der Waals surface area contributed by atoms with Crippen LogP contribution < -0.4 is 4.90 Å². The molecule has 1 aliphatic rings. The van der Waals surface area contributed by atoms with Gasteiger partial charge in [0.25, 0.3) is 0 Å². The minimum absolute atomic E-state index is 0.582. The van der Waals surface area contributed by atoms with E-state index >= 15 is 0 Å². The summed E-state index contributed by atoms with van der Waals surface area (Å²) in [6.07, 6.45) is 6.47. The molecule has 0 saturated heterocycles. The van der Waals surface area contributed by atoms with Gasteiger partial charge in [-0.25, -0.2) is 0 Å². The molecule has 0 radical (unpaired) electrons. The zero-order valence-corrected chi connectivity index (χ0v) is 34.7. The number of anilines is 3. The van der Waals surface area contributed by atoms with E-state index in [4.69, 9.17) is 4.42 Å². The number of fused-ring (bicyclic) bond motifs is 7. The SMILES string of the molecule is c1cc(-c2cccc3oc4ccccc4c23)cc(N(c2ccc(-c3cccc4c3sc3ccccc34)cc2)c2ccccc2-c2cccc3cccc(C4CCCCC4)c23)c1. The Kier molecular flexibility index (Phi) is 8.82. The minimum Gasteiger partial charge on any atom is -0.456 e. The van der Waals surface area contributed by atoms with Crippen molar-refractivity contribution in [2.45, 2.75) is 38.0 Å². The molecule has 2 heterocycles. The molecule has 0 amide bonds. The van der Waals surface area contributed by atoms with Crippen molar-refractivity contribution in [2.75, 3.05) is 4.90 Å². The van der Waals surface area contributed by atoms with Gasteiger partial charge < -0.3 is 9.32 Å². The van der Waals surface area contributed by atoms with Crippen molar-refractivity contribution in [3.63, 3.8) is 0 Å². The number of benzene rings is 9. The van der Waals surface area contributed by atoms with Gasteiger partial charge in [0.15, 0.2) is 0 Å². The average Bonchev–Trinajstić information content (AvgIpc) is 3.91. The van der Waals surface area contributed by atoms with E-state index in [1.807, 2.05) is 17.4 Å². The lowest BCUT2D eigenvalue weighted by molar-refractivity contribution is 0.445. The summed E-state index contributed by atoms with van der Waals surface area (Å²) in [6.45, 7) is 0. The Bertz CT molecular complexity index is 3410. The molecule has 61 heavy (non-hydrogen) atoms. The van der Waals surface area contributed by atoms with Crippen LogP contribution in [0.25, 0.3) is 86.3 Å². The first-order valence-corrected chi connectivity index (χ1v) is 22.5. The van der Waals surface area contributed by atoms with Crippen LogP contribution in [-0.2, 0) is 0 Å².